The molecule has 6 nitrogen and oxygen atoms in total. The van der Waals surface area contributed by atoms with Gasteiger partial charge in [-0.25, -0.2) is 12.8 Å². The fourth-order valence-corrected chi connectivity index (χ4v) is 6.45. The Bertz CT molecular complexity index is 911. The highest BCUT2D eigenvalue weighted by Gasteiger charge is 2.40. The van der Waals surface area contributed by atoms with Crippen LogP contribution in [0, 0.1) is 12.7 Å². The molecule has 0 saturated heterocycles. The standard InChI is InChI=1S/C18H23FNO5PS/c1-4-24-26(21,25-5-2)18(15-9-7-6-8-10-15)20-27(22,23)17-13-16(19)12-11-14(17)3/h6-13,18,20H,4-5H2,1-3H3. The molecule has 1 unspecified atom stereocenters. The van der Waals surface area contributed by atoms with E-state index in [1.807, 2.05) is 0 Å². The molecule has 9 heteroatoms. The molecule has 0 aliphatic rings. The van der Waals surface area contributed by atoms with Crippen LogP contribution in [-0.4, -0.2) is 21.6 Å². The topological polar surface area (TPSA) is 81.7 Å². The fourth-order valence-electron chi connectivity index (χ4n) is 2.57. The number of hydrogen-bond acceptors (Lipinski definition) is 5. The molecule has 0 spiro atoms. The van der Waals surface area contributed by atoms with Crippen LogP contribution in [0.4, 0.5) is 4.39 Å². The van der Waals surface area contributed by atoms with Crippen molar-refractivity contribution in [2.24, 2.45) is 0 Å². The van der Waals surface area contributed by atoms with Gasteiger partial charge in [-0.2, -0.15) is 4.72 Å². The Labute approximate surface area is 159 Å². The van der Waals surface area contributed by atoms with E-state index >= 15 is 0 Å². The van der Waals surface area contributed by atoms with Gasteiger partial charge in [-0.05, 0) is 44.0 Å². The molecule has 0 heterocycles. The Morgan fingerprint density at radius 2 is 1.67 bits per heavy atom. The van der Waals surface area contributed by atoms with E-state index in [2.05, 4.69) is 4.72 Å². The van der Waals surface area contributed by atoms with E-state index in [0.717, 1.165) is 6.07 Å². The Hall–Kier alpha value is -1.57. The van der Waals surface area contributed by atoms with Crippen molar-refractivity contribution in [3.05, 3.63) is 65.5 Å². The first-order valence-corrected chi connectivity index (χ1v) is 11.5. The lowest BCUT2D eigenvalue weighted by Crippen LogP contribution is -2.30. The lowest BCUT2D eigenvalue weighted by atomic mass is 10.2. The first kappa shape index (κ1) is 21.7. The van der Waals surface area contributed by atoms with E-state index in [1.54, 1.807) is 51.1 Å². The molecular formula is C18H23FNO5PS. The van der Waals surface area contributed by atoms with Gasteiger partial charge in [-0.1, -0.05) is 36.4 Å². The van der Waals surface area contributed by atoms with Crippen LogP contribution in [0.1, 0.15) is 30.8 Å². The van der Waals surface area contributed by atoms with Crippen LogP contribution in [-0.2, 0) is 23.6 Å². The molecular weight excluding hydrogens is 392 g/mol. The molecule has 0 bridgehead atoms. The van der Waals surface area contributed by atoms with Gasteiger partial charge in [0.15, 0.2) is 0 Å². The number of benzene rings is 2. The molecule has 27 heavy (non-hydrogen) atoms. The van der Waals surface area contributed by atoms with E-state index < -0.39 is 29.2 Å². The predicted molar refractivity (Wildman–Crippen MR) is 102 cm³/mol. The third kappa shape index (κ3) is 5.24. The summed E-state index contributed by atoms with van der Waals surface area (Å²) in [6.07, 6.45) is 0. The highest BCUT2D eigenvalue weighted by molar-refractivity contribution is 7.89. The SMILES string of the molecule is CCOP(=O)(OCC)C(NS(=O)(=O)c1cc(F)ccc1C)c1ccccc1. The van der Waals surface area contributed by atoms with Crippen LogP contribution in [0.5, 0.6) is 0 Å². The largest absolute Gasteiger partial charge is 0.352 e. The van der Waals surface area contributed by atoms with Crippen LogP contribution in [0.25, 0.3) is 0 Å². The number of hydrogen-bond donors (Lipinski definition) is 1. The molecule has 0 fully saturated rings. The maximum absolute atomic E-state index is 13.6. The molecule has 0 aliphatic carbocycles. The summed E-state index contributed by atoms with van der Waals surface area (Å²) >= 11 is 0. The van der Waals surface area contributed by atoms with Crippen LogP contribution in [0.3, 0.4) is 0 Å². The summed E-state index contributed by atoms with van der Waals surface area (Å²) in [6.45, 7) is 4.97. The first-order chi connectivity index (χ1) is 12.7. The summed E-state index contributed by atoms with van der Waals surface area (Å²) in [5, 5.41) is 0. The molecule has 0 radical (unpaired) electrons. The molecule has 0 aromatic heterocycles. The molecule has 0 amide bonds. The number of nitrogens with one attached hydrogen (secondary N) is 1. The lowest BCUT2D eigenvalue weighted by Gasteiger charge is -2.27. The van der Waals surface area contributed by atoms with Crippen molar-refractivity contribution in [3.63, 3.8) is 0 Å². The molecule has 0 saturated carbocycles. The average Bonchev–Trinajstić information content (AvgIpc) is 2.63. The van der Waals surface area contributed by atoms with Crippen LogP contribution in [0.15, 0.2) is 53.4 Å². The van der Waals surface area contributed by atoms with Crippen molar-refractivity contribution in [3.8, 4) is 0 Å². The van der Waals surface area contributed by atoms with Gasteiger partial charge in [0.1, 0.15) is 11.6 Å². The van der Waals surface area contributed by atoms with Gasteiger partial charge in [0.05, 0.1) is 18.1 Å². The molecule has 2 aromatic carbocycles. The average molecular weight is 415 g/mol. The van der Waals surface area contributed by atoms with Crippen molar-refractivity contribution < 1.29 is 26.4 Å². The summed E-state index contributed by atoms with van der Waals surface area (Å²) in [5.41, 5.74) is 0.777. The molecule has 1 N–H and O–H groups in total. The van der Waals surface area contributed by atoms with E-state index in [1.165, 1.54) is 12.1 Å². The molecule has 148 valence electrons. The smallest absolute Gasteiger partial charge is 0.308 e. The maximum atomic E-state index is 13.6. The van der Waals surface area contributed by atoms with E-state index in [9.17, 15) is 17.4 Å². The number of sulfonamides is 1. The van der Waals surface area contributed by atoms with Crippen molar-refractivity contribution in [1.29, 1.82) is 0 Å². The normalized spacial score (nSPS) is 13.5. The van der Waals surface area contributed by atoms with Gasteiger partial charge in [0, 0.05) is 0 Å². The summed E-state index contributed by atoms with van der Waals surface area (Å²) < 4.78 is 65.9. The Balaban J connectivity index is 2.54. The number of rotatable bonds is 9. The predicted octanol–water partition coefficient (Wildman–Crippen LogP) is 4.38. The minimum absolute atomic E-state index is 0.0708. The van der Waals surface area contributed by atoms with E-state index in [0.29, 0.717) is 11.1 Å². The quantitative estimate of drug-likeness (QED) is 0.615. The van der Waals surface area contributed by atoms with Crippen LogP contribution < -0.4 is 4.72 Å². The second-order valence-corrected chi connectivity index (χ2v) is 9.51. The van der Waals surface area contributed by atoms with Crippen molar-refractivity contribution in [2.75, 3.05) is 13.2 Å². The second kappa shape index (κ2) is 9.08. The first-order valence-electron chi connectivity index (χ1n) is 8.45. The van der Waals surface area contributed by atoms with Gasteiger partial charge in [-0.3, -0.25) is 4.57 Å². The summed E-state index contributed by atoms with van der Waals surface area (Å²) in [6, 6.07) is 11.8. The van der Waals surface area contributed by atoms with Gasteiger partial charge in [0.25, 0.3) is 0 Å². The van der Waals surface area contributed by atoms with Gasteiger partial charge >= 0.3 is 7.60 Å². The minimum atomic E-state index is -4.20. The van der Waals surface area contributed by atoms with Gasteiger partial charge < -0.3 is 9.05 Å². The Kier molecular flexibility index (Phi) is 7.31. The third-order valence-corrected chi connectivity index (χ3v) is 7.79. The number of aryl methyl sites for hydroxylation is 1. The van der Waals surface area contributed by atoms with Crippen LogP contribution >= 0.6 is 7.60 Å². The zero-order chi connectivity index (χ0) is 20.1. The fraction of sp³-hybridized carbons (Fsp3) is 0.333. The second-order valence-electron chi connectivity index (χ2n) is 5.72. The van der Waals surface area contributed by atoms with Gasteiger partial charge in [-0.15, -0.1) is 0 Å². The van der Waals surface area contributed by atoms with Gasteiger partial charge in [0.2, 0.25) is 10.0 Å². The molecule has 0 aliphatic heterocycles. The van der Waals surface area contributed by atoms with Crippen molar-refractivity contribution in [2.45, 2.75) is 31.4 Å². The zero-order valence-corrected chi connectivity index (χ0v) is 17.1. The number of halogens is 1. The summed E-state index contributed by atoms with van der Waals surface area (Å²) in [7, 11) is -8.08. The van der Waals surface area contributed by atoms with E-state index in [-0.39, 0.29) is 18.1 Å². The highest BCUT2D eigenvalue weighted by Crippen LogP contribution is 2.60. The Morgan fingerprint density at radius 1 is 1.07 bits per heavy atom. The maximum Gasteiger partial charge on any atom is 0.352 e. The summed E-state index contributed by atoms with van der Waals surface area (Å²) in [5.74, 6) is -1.96. The van der Waals surface area contributed by atoms with Crippen molar-refractivity contribution >= 4 is 17.6 Å². The Morgan fingerprint density at radius 3 is 2.22 bits per heavy atom. The monoisotopic (exact) mass is 415 g/mol. The summed E-state index contributed by atoms with van der Waals surface area (Å²) in [4.78, 5) is -0.233. The third-order valence-electron chi connectivity index (χ3n) is 3.76. The zero-order valence-electron chi connectivity index (χ0n) is 15.4. The highest BCUT2D eigenvalue weighted by atomic mass is 32.2. The lowest BCUT2D eigenvalue weighted by molar-refractivity contribution is 0.210. The van der Waals surface area contributed by atoms with Crippen LogP contribution in [0.2, 0.25) is 0 Å². The molecule has 2 aromatic rings. The molecule has 1 atom stereocenters. The minimum Gasteiger partial charge on any atom is -0.308 e. The van der Waals surface area contributed by atoms with Crippen molar-refractivity contribution in [1.82, 2.24) is 4.72 Å². The van der Waals surface area contributed by atoms with E-state index in [4.69, 9.17) is 9.05 Å². The molecule has 2 rings (SSSR count).